The van der Waals surface area contributed by atoms with Crippen LogP contribution >= 0.6 is 0 Å². The van der Waals surface area contributed by atoms with E-state index in [4.69, 9.17) is 5.73 Å². The number of carbonyl (C=O) groups is 4. The zero-order valence-corrected chi connectivity index (χ0v) is 20.9. The smallest absolute Gasteiger partial charge is 0.326 e. The number of nitrogens with one attached hydrogen (secondary N) is 4. The average molecular weight is 488 g/mol. The van der Waals surface area contributed by atoms with E-state index in [1.807, 2.05) is 38.1 Å². The molecule has 0 saturated heterocycles. The molecule has 0 fully saturated rings. The molecule has 0 aliphatic heterocycles. The largest absolute Gasteiger partial charge is 0.480 e. The van der Waals surface area contributed by atoms with E-state index in [0.29, 0.717) is 6.42 Å². The van der Waals surface area contributed by atoms with Crippen LogP contribution in [0.2, 0.25) is 0 Å². The van der Waals surface area contributed by atoms with Crippen LogP contribution in [0, 0.1) is 11.8 Å². The summed E-state index contributed by atoms with van der Waals surface area (Å²) in [6.07, 6.45) is 2.25. The molecule has 0 bridgehead atoms. The highest BCUT2D eigenvalue weighted by Crippen LogP contribution is 2.19. The van der Waals surface area contributed by atoms with Crippen LogP contribution in [0.5, 0.6) is 0 Å². The molecule has 7 N–H and O–H groups in total. The Morgan fingerprint density at radius 2 is 1.51 bits per heavy atom. The van der Waals surface area contributed by atoms with Crippen LogP contribution in [0.4, 0.5) is 0 Å². The molecule has 0 radical (unpaired) electrons. The van der Waals surface area contributed by atoms with Gasteiger partial charge in [0.05, 0.1) is 6.04 Å². The van der Waals surface area contributed by atoms with Crippen molar-refractivity contribution in [3.05, 3.63) is 36.0 Å². The molecule has 0 spiro atoms. The minimum Gasteiger partial charge on any atom is -0.480 e. The number of carboxylic acids is 1. The van der Waals surface area contributed by atoms with Crippen molar-refractivity contribution < 1.29 is 24.3 Å². The number of hydrogen-bond acceptors (Lipinski definition) is 5. The molecule has 10 heteroatoms. The fraction of sp³-hybridized carbons (Fsp3) is 0.520. The highest BCUT2D eigenvalue weighted by Gasteiger charge is 2.31. The number of para-hydroxylation sites is 1. The molecule has 2 rings (SSSR count). The van der Waals surface area contributed by atoms with E-state index in [2.05, 4.69) is 20.9 Å². The first-order valence-corrected chi connectivity index (χ1v) is 11.8. The van der Waals surface area contributed by atoms with Crippen LogP contribution in [-0.4, -0.2) is 57.9 Å². The summed E-state index contributed by atoms with van der Waals surface area (Å²) in [4.78, 5) is 53.4. The van der Waals surface area contributed by atoms with Crippen LogP contribution in [0.1, 0.15) is 46.6 Å². The topological polar surface area (TPSA) is 166 Å². The number of aromatic nitrogens is 1. The number of amides is 3. The van der Waals surface area contributed by atoms with Crippen molar-refractivity contribution in [3.8, 4) is 0 Å². The van der Waals surface area contributed by atoms with Gasteiger partial charge >= 0.3 is 5.97 Å². The number of rotatable bonds is 12. The Kier molecular flexibility index (Phi) is 9.82. The molecule has 4 atom stereocenters. The molecular formula is C25H37N5O5. The van der Waals surface area contributed by atoms with E-state index in [9.17, 15) is 24.3 Å². The quantitative estimate of drug-likeness (QED) is 0.264. The lowest BCUT2D eigenvalue weighted by Gasteiger charge is -2.26. The SMILES string of the molecule is CC(C)CC(NC(=O)C(Cc1c[nH]c2ccccc12)NC(=O)C(C)N)C(=O)NC(C(=O)O)C(C)C. The van der Waals surface area contributed by atoms with E-state index in [1.54, 1.807) is 20.0 Å². The maximum Gasteiger partial charge on any atom is 0.326 e. The van der Waals surface area contributed by atoms with Crippen molar-refractivity contribution in [3.63, 3.8) is 0 Å². The maximum absolute atomic E-state index is 13.3. The second-order valence-electron chi connectivity index (χ2n) is 9.67. The van der Waals surface area contributed by atoms with Crippen LogP contribution in [0.15, 0.2) is 30.5 Å². The highest BCUT2D eigenvalue weighted by molar-refractivity contribution is 5.94. The summed E-state index contributed by atoms with van der Waals surface area (Å²) >= 11 is 0. The summed E-state index contributed by atoms with van der Waals surface area (Å²) in [7, 11) is 0. The molecule has 0 aliphatic rings. The van der Waals surface area contributed by atoms with E-state index in [1.165, 1.54) is 6.92 Å². The van der Waals surface area contributed by atoms with Crippen LogP contribution < -0.4 is 21.7 Å². The molecule has 1 aromatic carbocycles. The number of aliphatic carboxylic acids is 1. The second-order valence-corrected chi connectivity index (χ2v) is 9.67. The Labute approximate surface area is 205 Å². The average Bonchev–Trinajstić information content (AvgIpc) is 3.18. The number of nitrogens with two attached hydrogens (primary N) is 1. The molecule has 0 saturated carbocycles. The Morgan fingerprint density at radius 3 is 2.09 bits per heavy atom. The van der Waals surface area contributed by atoms with Crippen molar-refractivity contribution in [1.82, 2.24) is 20.9 Å². The van der Waals surface area contributed by atoms with Gasteiger partial charge in [-0.3, -0.25) is 14.4 Å². The molecular weight excluding hydrogens is 450 g/mol. The van der Waals surface area contributed by atoms with E-state index < -0.39 is 47.9 Å². The number of aromatic amines is 1. The van der Waals surface area contributed by atoms with Crippen molar-refractivity contribution in [2.45, 2.75) is 71.6 Å². The lowest BCUT2D eigenvalue weighted by molar-refractivity contribution is -0.143. The summed E-state index contributed by atoms with van der Waals surface area (Å²) in [6.45, 7) is 8.68. The fourth-order valence-corrected chi connectivity index (χ4v) is 3.78. The van der Waals surface area contributed by atoms with Gasteiger partial charge in [-0.15, -0.1) is 0 Å². The maximum atomic E-state index is 13.3. The molecule has 0 aliphatic carbocycles. The molecule has 35 heavy (non-hydrogen) atoms. The Balaban J connectivity index is 2.28. The monoisotopic (exact) mass is 487 g/mol. The Hall–Kier alpha value is -3.40. The van der Waals surface area contributed by atoms with Crippen LogP contribution in [0.25, 0.3) is 10.9 Å². The molecule has 3 amide bonds. The number of hydrogen-bond donors (Lipinski definition) is 6. The third-order valence-electron chi connectivity index (χ3n) is 5.72. The van der Waals surface area contributed by atoms with Crippen molar-refractivity contribution in [2.24, 2.45) is 17.6 Å². The van der Waals surface area contributed by atoms with E-state index in [-0.39, 0.29) is 18.3 Å². The Bertz CT molecular complexity index is 1050. The molecule has 2 aromatic rings. The first-order chi connectivity index (χ1) is 16.4. The first-order valence-electron chi connectivity index (χ1n) is 11.8. The van der Waals surface area contributed by atoms with Gasteiger partial charge in [-0.25, -0.2) is 4.79 Å². The number of carbonyl (C=O) groups excluding carboxylic acids is 3. The van der Waals surface area contributed by atoms with Crippen LogP contribution in [-0.2, 0) is 25.6 Å². The summed E-state index contributed by atoms with van der Waals surface area (Å²) in [5.74, 6) is -3.09. The predicted molar refractivity (Wildman–Crippen MR) is 133 cm³/mol. The fourth-order valence-electron chi connectivity index (χ4n) is 3.78. The van der Waals surface area contributed by atoms with Gasteiger partial charge in [0.15, 0.2) is 0 Å². The van der Waals surface area contributed by atoms with Crippen LogP contribution in [0.3, 0.4) is 0 Å². The molecule has 10 nitrogen and oxygen atoms in total. The third-order valence-corrected chi connectivity index (χ3v) is 5.72. The lowest BCUT2D eigenvalue weighted by Crippen LogP contribution is -2.58. The second kappa shape index (κ2) is 12.3. The number of carboxylic acid groups (broad SMARTS) is 1. The minimum atomic E-state index is -1.15. The molecule has 192 valence electrons. The van der Waals surface area contributed by atoms with Crippen molar-refractivity contribution in [2.75, 3.05) is 0 Å². The van der Waals surface area contributed by atoms with Gasteiger partial charge in [-0.1, -0.05) is 45.9 Å². The summed E-state index contributed by atoms with van der Waals surface area (Å²) < 4.78 is 0. The normalized spacial score (nSPS) is 14.9. The van der Waals surface area contributed by atoms with Gasteiger partial charge in [-0.05, 0) is 36.8 Å². The van der Waals surface area contributed by atoms with Gasteiger partial charge in [-0.2, -0.15) is 0 Å². The third kappa shape index (κ3) is 7.81. The van der Waals surface area contributed by atoms with Crippen molar-refractivity contribution in [1.29, 1.82) is 0 Å². The van der Waals surface area contributed by atoms with Gasteiger partial charge in [0.2, 0.25) is 17.7 Å². The molecule has 4 unspecified atom stereocenters. The first kappa shape index (κ1) is 27.8. The van der Waals surface area contributed by atoms with Gasteiger partial charge in [0.25, 0.3) is 0 Å². The van der Waals surface area contributed by atoms with Gasteiger partial charge in [0, 0.05) is 23.5 Å². The van der Waals surface area contributed by atoms with Gasteiger partial charge < -0.3 is 31.8 Å². The number of benzene rings is 1. The van der Waals surface area contributed by atoms with E-state index >= 15 is 0 Å². The lowest BCUT2D eigenvalue weighted by atomic mass is 9.99. The van der Waals surface area contributed by atoms with Gasteiger partial charge in [0.1, 0.15) is 18.1 Å². The predicted octanol–water partition coefficient (Wildman–Crippen LogP) is 1.30. The molecule has 1 heterocycles. The zero-order valence-electron chi connectivity index (χ0n) is 20.9. The summed E-state index contributed by atoms with van der Waals surface area (Å²) in [6, 6.07) is 3.71. The summed E-state index contributed by atoms with van der Waals surface area (Å²) in [5.41, 5.74) is 7.42. The number of fused-ring (bicyclic) bond motifs is 1. The van der Waals surface area contributed by atoms with E-state index in [0.717, 1.165) is 16.5 Å². The Morgan fingerprint density at radius 1 is 0.914 bits per heavy atom. The highest BCUT2D eigenvalue weighted by atomic mass is 16.4. The zero-order chi connectivity index (χ0) is 26.3. The standard InChI is InChI=1S/C25H37N5O5/c1-13(2)10-19(24(33)30-21(14(3)4)25(34)35)29-23(32)20(28-22(31)15(5)26)11-16-12-27-18-9-7-6-8-17(16)18/h6-9,12-15,19-21,27H,10-11,26H2,1-5H3,(H,28,31)(H,29,32)(H,30,33)(H,34,35). The summed E-state index contributed by atoms with van der Waals surface area (Å²) in [5, 5.41) is 18.3. The number of H-pyrrole nitrogens is 1. The van der Waals surface area contributed by atoms with Crippen molar-refractivity contribution >= 4 is 34.6 Å². The minimum absolute atomic E-state index is 0.0408. The molecule has 1 aromatic heterocycles.